The number of nitrogens with two attached hydrogens (primary N) is 1. The van der Waals surface area contributed by atoms with Crippen molar-refractivity contribution in [1.29, 1.82) is 0 Å². The van der Waals surface area contributed by atoms with Crippen molar-refractivity contribution in [2.24, 2.45) is 17.6 Å². The number of hydrogen-bond acceptors (Lipinski definition) is 8. The van der Waals surface area contributed by atoms with E-state index < -0.39 is 24.3 Å². The van der Waals surface area contributed by atoms with Crippen LogP contribution in [0.2, 0.25) is 0 Å². The van der Waals surface area contributed by atoms with Gasteiger partial charge in [0.25, 0.3) is 5.91 Å². The summed E-state index contributed by atoms with van der Waals surface area (Å²) in [5, 5.41) is 2.70. The first-order chi connectivity index (χ1) is 26.9. The van der Waals surface area contributed by atoms with Gasteiger partial charge < -0.3 is 40.3 Å². The van der Waals surface area contributed by atoms with Crippen LogP contribution in [0.1, 0.15) is 96.1 Å². The minimum Gasteiger partial charge on any atom is -0.453 e. The second-order valence-electron chi connectivity index (χ2n) is 15.4. The molecule has 0 radical (unpaired) electrons. The molecule has 14 nitrogen and oxygen atoms in total. The van der Waals surface area contributed by atoms with Crippen molar-refractivity contribution in [3.05, 3.63) is 72.1 Å². The number of amides is 4. The van der Waals surface area contributed by atoms with E-state index in [0.717, 1.165) is 89.5 Å². The highest BCUT2D eigenvalue weighted by molar-refractivity contribution is 5.86. The van der Waals surface area contributed by atoms with Gasteiger partial charge in [0.15, 0.2) is 6.10 Å². The Morgan fingerprint density at radius 2 is 1.39 bits per heavy atom. The zero-order valence-electron chi connectivity index (χ0n) is 33.1. The summed E-state index contributed by atoms with van der Waals surface area (Å²) in [6.45, 7) is 10.7. The summed E-state index contributed by atoms with van der Waals surface area (Å²) >= 11 is 0. The van der Waals surface area contributed by atoms with Crippen molar-refractivity contribution in [2.75, 3.05) is 20.2 Å². The minimum absolute atomic E-state index is 0.107. The zero-order valence-corrected chi connectivity index (χ0v) is 33.1. The van der Waals surface area contributed by atoms with Crippen molar-refractivity contribution in [1.82, 2.24) is 35.1 Å². The first-order valence-corrected chi connectivity index (χ1v) is 19.7. The van der Waals surface area contributed by atoms with Crippen molar-refractivity contribution >= 4 is 24.0 Å². The van der Waals surface area contributed by atoms with E-state index in [1.165, 1.54) is 7.11 Å². The number of aryl methyl sites for hydroxylation is 1. The second kappa shape index (κ2) is 17.4. The number of hydrogen-bond donors (Lipinski definition) is 4. The monoisotopic (exact) mass is 766 g/mol. The number of imidazole rings is 2. The molecule has 4 heterocycles. The highest BCUT2D eigenvalue weighted by atomic mass is 16.6. The fraction of sp³-hybridized carbons (Fsp3) is 0.476. The zero-order chi connectivity index (χ0) is 40.1. The molecule has 4 aromatic rings. The first kappa shape index (κ1) is 40.0. The van der Waals surface area contributed by atoms with Crippen molar-refractivity contribution in [3.63, 3.8) is 0 Å². The van der Waals surface area contributed by atoms with Crippen LogP contribution >= 0.6 is 0 Å². The molecule has 5 N–H and O–H groups in total. The van der Waals surface area contributed by atoms with Crippen molar-refractivity contribution in [3.8, 4) is 33.6 Å². The molecule has 2 aromatic heterocycles. The van der Waals surface area contributed by atoms with Gasteiger partial charge in [0, 0.05) is 36.1 Å². The molecule has 0 saturated carbocycles. The molecule has 0 spiro atoms. The van der Waals surface area contributed by atoms with E-state index in [0.29, 0.717) is 13.1 Å². The van der Waals surface area contributed by atoms with Crippen molar-refractivity contribution < 1.29 is 28.7 Å². The normalized spacial score (nSPS) is 18.0. The van der Waals surface area contributed by atoms with E-state index in [1.54, 1.807) is 4.90 Å². The molecule has 2 aromatic carbocycles. The average Bonchev–Trinajstić information content (AvgIpc) is 4.02. The predicted molar refractivity (Wildman–Crippen MR) is 212 cm³/mol. The van der Waals surface area contributed by atoms with Gasteiger partial charge in [-0.3, -0.25) is 9.59 Å². The molecule has 0 bridgehead atoms. The summed E-state index contributed by atoms with van der Waals surface area (Å²) in [6.07, 6.45) is 4.28. The Balaban J connectivity index is 1.16. The van der Waals surface area contributed by atoms with E-state index in [2.05, 4.69) is 58.6 Å². The lowest BCUT2D eigenvalue weighted by Crippen LogP contribution is -2.51. The van der Waals surface area contributed by atoms with E-state index in [4.69, 9.17) is 25.2 Å². The van der Waals surface area contributed by atoms with Crippen LogP contribution in [0, 0.1) is 11.8 Å². The molecular weight excluding hydrogens is 713 g/mol. The van der Waals surface area contributed by atoms with Crippen molar-refractivity contribution in [2.45, 2.75) is 97.4 Å². The number of likely N-dealkylation sites (tertiary alicyclic amines) is 2. The van der Waals surface area contributed by atoms with Crippen LogP contribution in [-0.2, 0) is 25.5 Å². The lowest BCUT2D eigenvalue weighted by Gasteiger charge is -2.29. The predicted octanol–water partition coefficient (Wildman–Crippen LogP) is 6.91. The quantitative estimate of drug-likeness (QED) is 0.113. The fourth-order valence-corrected chi connectivity index (χ4v) is 7.83. The summed E-state index contributed by atoms with van der Waals surface area (Å²) in [7, 11) is 1.29. The molecule has 4 amide bonds. The Hall–Kier alpha value is -5.66. The van der Waals surface area contributed by atoms with Gasteiger partial charge in [0.2, 0.25) is 5.91 Å². The number of carbonyl (C=O) groups excluding carboxylic acids is 4. The number of methoxy groups -OCH3 is 1. The number of nitrogens with zero attached hydrogens (tertiary/aromatic N) is 4. The molecule has 56 heavy (non-hydrogen) atoms. The number of alkyl carbamates (subject to hydrolysis) is 1. The van der Waals surface area contributed by atoms with Gasteiger partial charge in [0.05, 0.1) is 30.6 Å². The smallest absolute Gasteiger partial charge is 0.407 e. The van der Waals surface area contributed by atoms with Gasteiger partial charge in [-0.2, -0.15) is 0 Å². The lowest BCUT2D eigenvalue weighted by molar-refractivity contribution is -0.143. The number of benzene rings is 2. The third kappa shape index (κ3) is 8.58. The summed E-state index contributed by atoms with van der Waals surface area (Å²) in [5.74, 6) is 0.735. The van der Waals surface area contributed by atoms with E-state index >= 15 is 0 Å². The lowest BCUT2D eigenvalue weighted by atomic mass is 10.00. The van der Waals surface area contributed by atoms with Crippen LogP contribution in [0.4, 0.5) is 9.59 Å². The number of primary amides is 1. The summed E-state index contributed by atoms with van der Waals surface area (Å²) in [4.78, 5) is 71.0. The average molecular weight is 767 g/mol. The van der Waals surface area contributed by atoms with Gasteiger partial charge in [-0.15, -0.1) is 0 Å². The van der Waals surface area contributed by atoms with Gasteiger partial charge in [0.1, 0.15) is 17.7 Å². The van der Waals surface area contributed by atoms with Crippen LogP contribution in [-0.4, -0.2) is 86.1 Å². The topological polar surface area (TPSA) is 189 Å². The molecule has 298 valence electrons. The van der Waals surface area contributed by atoms with Crippen LogP contribution in [0.15, 0.2) is 54.7 Å². The molecule has 6 rings (SSSR count). The van der Waals surface area contributed by atoms with Crippen LogP contribution in [0.3, 0.4) is 0 Å². The number of H-pyrrole nitrogens is 2. The van der Waals surface area contributed by atoms with E-state index in [1.807, 2.05) is 50.9 Å². The van der Waals surface area contributed by atoms with Crippen LogP contribution in [0.25, 0.3) is 33.6 Å². The fourth-order valence-electron chi connectivity index (χ4n) is 7.83. The molecule has 2 aliphatic rings. The maximum absolute atomic E-state index is 13.6. The summed E-state index contributed by atoms with van der Waals surface area (Å²) in [6, 6.07) is 15.4. The van der Waals surface area contributed by atoms with E-state index in [9.17, 15) is 19.2 Å². The number of carbonyl (C=O) groups is 4. The van der Waals surface area contributed by atoms with E-state index in [-0.39, 0.29) is 35.7 Å². The number of aromatic amines is 2. The number of rotatable bonds is 13. The maximum Gasteiger partial charge on any atom is 0.407 e. The Bertz CT molecular complexity index is 2000. The molecule has 0 unspecified atom stereocenters. The van der Waals surface area contributed by atoms with Gasteiger partial charge in [-0.1, -0.05) is 89.6 Å². The highest BCUT2D eigenvalue weighted by Crippen LogP contribution is 2.36. The molecule has 2 saturated heterocycles. The highest BCUT2D eigenvalue weighted by Gasteiger charge is 2.39. The standard InChI is InChI=1S/C42H54N8O6/c1-7-10-30-35(47-38(45-30)33-12-9-22-50(33)40(52)36(25(4)5)56-41(43)53)29-19-15-27(16-20-29)26-13-17-28(18-14-26)31-23-44-37(46-31)32-11-8-21-49(32)39(51)34(24(2)3)48-42(54)55-6/h13-20,23-25,32-34,36H,7-12,21-22H2,1-6H3,(H2,43,53)(H,44,46)(H,45,47)(H,48,54)/t32-,33-,34-,36-/m0/s1. The van der Waals surface area contributed by atoms with Gasteiger partial charge >= 0.3 is 12.2 Å². The van der Waals surface area contributed by atoms with Gasteiger partial charge in [-0.05, 0) is 55.1 Å². The van der Waals surface area contributed by atoms with Crippen LogP contribution in [0.5, 0.6) is 0 Å². The SMILES string of the molecule is CCCc1[nH]c([C@@H]2CCCN2C(=O)[C@@H](OC(N)=O)C(C)C)nc1-c1ccc(-c2ccc(-c3c[nH]c([C@@H]4CCCN4C(=O)[C@@H](NC(=O)OC)C(C)C)n3)cc2)cc1. The minimum atomic E-state index is -0.958. The molecule has 14 heteroatoms. The summed E-state index contributed by atoms with van der Waals surface area (Å²) in [5.41, 5.74) is 12.0. The number of ether oxygens (including phenoxy) is 2. The largest absolute Gasteiger partial charge is 0.453 e. The third-order valence-corrected chi connectivity index (χ3v) is 10.8. The maximum atomic E-state index is 13.6. The molecule has 2 fully saturated rings. The van der Waals surface area contributed by atoms with Crippen LogP contribution < -0.4 is 11.1 Å². The molecule has 2 aliphatic heterocycles. The van der Waals surface area contributed by atoms with Gasteiger partial charge in [-0.25, -0.2) is 19.6 Å². The molecular formula is C42H54N8O6. The Morgan fingerprint density at radius 3 is 1.95 bits per heavy atom. The molecule has 4 atom stereocenters. The molecule has 0 aliphatic carbocycles. The number of aromatic nitrogens is 4. The summed E-state index contributed by atoms with van der Waals surface area (Å²) < 4.78 is 9.98. The number of nitrogens with one attached hydrogen (secondary N) is 3. The first-order valence-electron chi connectivity index (χ1n) is 19.7. The second-order valence-corrected chi connectivity index (χ2v) is 15.4. The Kier molecular flexibility index (Phi) is 12.5. The Morgan fingerprint density at radius 1 is 0.821 bits per heavy atom. The Labute approximate surface area is 327 Å². The third-order valence-electron chi connectivity index (χ3n) is 10.8.